The third-order valence-corrected chi connectivity index (χ3v) is 5.40. The molecule has 1 N–H and O–H groups in total. The molecule has 2 fully saturated rings. The summed E-state index contributed by atoms with van der Waals surface area (Å²) in [6.45, 7) is 0.768. The van der Waals surface area contributed by atoms with Crippen molar-refractivity contribution >= 4 is 11.5 Å². The summed E-state index contributed by atoms with van der Waals surface area (Å²) in [6, 6.07) is 17.2. The zero-order valence-corrected chi connectivity index (χ0v) is 15.9. The van der Waals surface area contributed by atoms with Crippen molar-refractivity contribution in [1.29, 1.82) is 0 Å². The lowest BCUT2D eigenvalue weighted by atomic mass is 9.92. The number of methoxy groups -OCH3 is 1. The van der Waals surface area contributed by atoms with Crippen LogP contribution in [0.1, 0.15) is 24.7 Å². The van der Waals surface area contributed by atoms with Gasteiger partial charge in [0.2, 0.25) is 0 Å². The molecule has 28 heavy (non-hydrogen) atoms. The fourth-order valence-electron chi connectivity index (χ4n) is 3.93. The number of benzene rings is 2. The highest BCUT2D eigenvalue weighted by molar-refractivity contribution is 5.82. The number of aliphatic hydroxyl groups is 1. The normalized spacial score (nSPS) is 28.2. The molecule has 0 unspecified atom stereocenters. The first-order valence-electron chi connectivity index (χ1n) is 9.58. The van der Waals surface area contributed by atoms with Crippen LogP contribution in [0.15, 0.2) is 54.6 Å². The van der Waals surface area contributed by atoms with Gasteiger partial charge in [-0.3, -0.25) is 4.79 Å². The average Bonchev–Trinajstić information content (AvgIpc) is 2.75. The van der Waals surface area contributed by atoms with Gasteiger partial charge in [0.15, 0.2) is 6.29 Å². The molecule has 0 saturated carbocycles. The minimum Gasteiger partial charge on any atom is -0.497 e. The molecule has 0 spiro atoms. The topological polar surface area (TPSA) is 68.2 Å². The van der Waals surface area contributed by atoms with Crippen LogP contribution in [0, 0.1) is 0 Å². The van der Waals surface area contributed by atoms with Crippen molar-refractivity contribution < 1.29 is 24.1 Å². The minimum absolute atomic E-state index is 0.172. The van der Waals surface area contributed by atoms with Gasteiger partial charge in [-0.05, 0) is 24.3 Å². The smallest absolute Gasteiger partial charge is 0.184 e. The van der Waals surface area contributed by atoms with Crippen LogP contribution in [-0.4, -0.2) is 49.4 Å². The Morgan fingerprint density at radius 1 is 1.11 bits per heavy atom. The monoisotopic (exact) mass is 383 g/mol. The summed E-state index contributed by atoms with van der Waals surface area (Å²) in [4.78, 5) is 14.4. The van der Waals surface area contributed by atoms with E-state index in [0.717, 1.165) is 17.0 Å². The molecule has 0 radical (unpaired) electrons. The van der Waals surface area contributed by atoms with E-state index in [9.17, 15) is 9.90 Å². The number of carbonyl (C=O) groups is 1. The number of ketones is 1. The average molecular weight is 383 g/mol. The molecule has 2 aliphatic heterocycles. The first kappa shape index (κ1) is 18.9. The molecule has 6 nitrogen and oxygen atoms in total. The molecule has 2 aliphatic rings. The summed E-state index contributed by atoms with van der Waals surface area (Å²) >= 11 is 0. The molecule has 0 aliphatic carbocycles. The molecule has 2 aromatic rings. The lowest BCUT2D eigenvalue weighted by Crippen LogP contribution is -2.57. The molecule has 2 aromatic carbocycles. The van der Waals surface area contributed by atoms with Crippen LogP contribution in [0.2, 0.25) is 0 Å². The number of ether oxygens (including phenoxy) is 3. The quantitative estimate of drug-likeness (QED) is 0.876. The van der Waals surface area contributed by atoms with Crippen LogP contribution in [0.25, 0.3) is 0 Å². The third kappa shape index (κ3) is 3.90. The summed E-state index contributed by atoms with van der Waals surface area (Å²) in [5.41, 5.74) is 1.88. The Morgan fingerprint density at radius 3 is 2.57 bits per heavy atom. The lowest BCUT2D eigenvalue weighted by Gasteiger charge is -2.45. The van der Waals surface area contributed by atoms with Gasteiger partial charge in [-0.1, -0.05) is 30.3 Å². The molecule has 148 valence electrons. The van der Waals surface area contributed by atoms with E-state index in [1.54, 1.807) is 7.11 Å². The minimum atomic E-state index is -0.795. The second-order valence-corrected chi connectivity index (χ2v) is 7.20. The lowest BCUT2D eigenvalue weighted by molar-refractivity contribution is -0.261. The van der Waals surface area contributed by atoms with E-state index >= 15 is 0 Å². The maximum absolute atomic E-state index is 12.2. The maximum Gasteiger partial charge on any atom is 0.184 e. The van der Waals surface area contributed by atoms with E-state index in [-0.39, 0.29) is 18.4 Å². The highest BCUT2D eigenvalue weighted by Crippen LogP contribution is 2.34. The van der Waals surface area contributed by atoms with Gasteiger partial charge in [0, 0.05) is 30.6 Å². The Morgan fingerprint density at radius 2 is 1.86 bits per heavy atom. The van der Waals surface area contributed by atoms with Gasteiger partial charge in [-0.15, -0.1) is 0 Å². The highest BCUT2D eigenvalue weighted by atomic mass is 16.7. The summed E-state index contributed by atoms with van der Waals surface area (Å²) in [5.74, 6) is 0.966. The Hall–Kier alpha value is -2.41. The second-order valence-electron chi connectivity index (χ2n) is 7.20. The number of anilines is 1. The molecule has 0 bridgehead atoms. The van der Waals surface area contributed by atoms with Crippen molar-refractivity contribution in [2.24, 2.45) is 0 Å². The highest BCUT2D eigenvalue weighted by Gasteiger charge is 2.42. The molecule has 0 aromatic heterocycles. The van der Waals surface area contributed by atoms with E-state index in [0.29, 0.717) is 19.4 Å². The molecular weight excluding hydrogens is 358 g/mol. The molecule has 2 saturated heterocycles. The zero-order valence-electron chi connectivity index (χ0n) is 15.9. The van der Waals surface area contributed by atoms with Gasteiger partial charge < -0.3 is 24.2 Å². The molecule has 4 atom stereocenters. The van der Waals surface area contributed by atoms with Crippen LogP contribution >= 0.6 is 0 Å². The van der Waals surface area contributed by atoms with Crippen molar-refractivity contribution in [1.82, 2.24) is 0 Å². The van der Waals surface area contributed by atoms with Crippen molar-refractivity contribution in [2.75, 3.05) is 25.2 Å². The van der Waals surface area contributed by atoms with E-state index in [2.05, 4.69) is 4.90 Å². The molecule has 6 heteroatoms. The fourth-order valence-corrected chi connectivity index (χ4v) is 3.93. The van der Waals surface area contributed by atoms with Gasteiger partial charge >= 0.3 is 0 Å². The predicted octanol–water partition coefficient (Wildman–Crippen LogP) is 2.71. The summed E-state index contributed by atoms with van der Waals surface area (Å²) in [6.07, 6.45) is -1.04. The number of hydrogen-bond donors (Lipinski definition) is 1. The zero-order chi connectivity index (χ0) is 19.5. The van der Waals surface area contributed by atoms with E-state index in [1.807, 2.05) is 54.6 Å². The Kier molecular flexibility index (Phi) is 5.62. The standard InChI is InChI=1S/C22H25NO5/c1-26-18-9-7-16(8-10-18)23-12-11-17(24)13-19(23)21-20(25)14-27-22(28-21)15-5-3-2-4-6-15/h2-10,19-22,25H,11-14H2,1H3/t19-,20-,21+,22-/m1/s1. The molecule has 2 heterocycles. The number of rotatable bonds is 4. The largest absolute Gasteiger partial charge is 0.497 e. The SMILES string of the molecule is COc1ccc(N2CCC(=O)C[C@@H]2[C@@H]2O[C@H](c3ccccc3)OC[C@H]2O)cc1. The van der Waals surface area contributed by atoms with Crippen molar-refractivity contribution in [2.45, 2.75) is 37.4 Å². The van der Waals surface area contributed by atoms with E-state index in [4.69, 9.17) is 14.2 Å². The van der Waals surface area contributed by atoms with Crippen LogP contribution in [0.4, 0.5) is 5.69 Å². The van der Waals surface area contributed by atoms with Gasteiger partial charge in [-0.2, -0.15) is 0 Å². The van der Waals surface area contributed by atoms with Gasteiger partial charge in [0.1, 0.15) is 23.7 Å². The van der Waals surface area contributed by atoms with Crippen molar-refractivity contribution in [3.8, 4) is 5.75 Å². The van der Waals surface area contributed by atoms with Gasteiger partial charge in [-0.25, -0.2) is 0 Å². The van der Waals surface area contributed by atoms with Crippen LogP contribution in [0.5, 0.6) is 5.75 Å². The van der Waals surface area contributed by atoms with Crippen molar-refractivity contribution in [3.63, 3.8) is 0 Å². The van der Waals surface area contributed by atoms with E-state index < -0.39 is 18.5 Å². The van der Waals surface area contributed by atoms with Gasteiger partial charge in [0.25, 0.3) is 0 Å². The number of hydrogen-bond acceptors (Lipinski definition) is 6. The van der Waals surface area contributed by atoms with Gasteiger partial charge in [0.05, 0.1) is 19.8 Å². The van der Waals surface area contributed by atoms with Crippen LogP contribution in [-0.2, 0) is 14.3 Å². The van der Waals surface area contributed by atoms with Crippen LogP contribution in [0.3, 0.4) is 0 Å². The third-order valence-electron chi connectivity index (χ3n) is 5.40. The molecule has 4 rings (SSSR count). The number of aliphatic hydroxyl groups excluding tert-OH is 1. The number of Topliss-reactive ketones (excluding diaryl/α,β-unsaturated/α-hetero) is 1. The van der Waals surface area contributed by atoms with Crippen molar-refractivity contribution in [3.05, 3.63) is 60.2 Å². The van der Waals surface area contributed by atoms with Crippen LogP contribution < -0.4 is 9.64 Å². The second kappa shape index (κ2) is 8.31. The Balaban J connectivity index is 1.59. The fraction of sp³-hybridized carbons (Fsp3) is 0.409. The Labute approximate surface area is 164 Å². The molecular formula is C22H25NO5. The first-order chi connectivity index (χ1) is 13.7. The number of piperidine rings is 1. The summed E-state index contributed by atoms with van der Waals surface area (Å²) in [7, 11) is 1.63. The maximum atomic E-state index is 12.2. The number of nitrogens with zero attached hydrogens (tertiary/aromatic N) is 1. The summed E-state index contributed by atoms with van der Waals surface area (Å²) < 4.78 is 17.1. The first-order valence-corrected chi connectivity index (χ1v) is 9.58. The predicted molar refractivity (Wildman–Crippen MR) is 104 cm³/mol. The Bertz CT molecular complexity index is 794. The van der Waals surface area contributed by atoms with E-state index in [1.165, 1.54) is 0 Å². The molecule has 0 amide bonds. The summed E-state index contributed by atoms with van der Waals surface area (Å²) in [5, 5.41) is 10.6. The number of carbonyl (C=O) groups excluding carboxylic acids is 1.